The number of carbonyl (C=O) groups excluding carboxylic acids is 1. The molecular formula is C7H13IO. The third-order valence-corrected chi connectivity index (χ3v) is 1.73. The van der Waals surface area contributed by atoms with E-state index in [0.717, 1.165) is 0 Å². The second-order valence-electron chi connectivity index (χ2n) is 3.41. The number of alkyl halides is 1. The van der Waals surface area contributed by atoms with Crippen molar-refractivity contribution in [2.24, 2.45) is 5.41 Å². The Bertz CT molecular complexity index is 102. The summed E-state index contributed by atoms with van der Waals surface area (Å²) in [7, 11) is 0. The first kappa shape index (κ1) is 9.40. The standard InChI is InChI=1S/C7H13IO/c1-7(2,3)4-6(9)5-8/h4-5H2,1-3H3. The molecule has 54 valence electrons. The quantitative estimate of drug-likeness (QED) is 0.535. The maximum Gasteiger partial charge on any atom is 0.143 e. The van der Waals surface area contributed by atoms with Gasteiger partial charge in [0.15, 0.2) is 0 Å². The Labute approximate surface area is 70.4 Å². The maximum atomic E-state index is 10.8. The van der Waals surface area contributed by atoms with Gasteiger partial charge in [-0.05, 0) is 5.41 Å². The molecule has 2 heteroatoms. The molecule has 0 aliphatic rings. The predicted molar refractivity (Wildman–Crippen MR) is 48.0 cm³/mol. The first-order valence-electron chi connectivity index (χ1n) is 3.03. The molecule has 0 amide bonds. The number of hydrogen-bond acceptors (Lipinski definition) is 1. The number of halogens is 1. The Morgan fingerprint density at radius 2 is 1.89 bits per heavy atom. The van der Waals surface area contributed by atoms with Crippen LogP contribution in [-0.2, 0) is 4.79 Å². The van der Waals surface area contributed by atoms with Crippen LogP contribution in [0, 0.1) is 5.41 Å². The van der Waals surface area contributed by atoms with E-state index in [-0.39, 0.29) is 5.41 Å². The number of hydrogen-bond donors (Lipinski definition) is 0. The molecule has 0 fully saturated rings. The molecule has 0 heterocycles. The highest BCUT2D eigenvalue weighted by Gasteiger charge is 2.14. The second-order valence-corrected chi connectivity index (χ2v) is 4.17. The van der Waals surface area contributed by atoms with Crippen LogP contribution in [0.25, 0.3) is 0 Å². The van der Waals surface area contributed by atoms with Gasteiger partial charge in [0.05, 0.1) is 4.43 Å². The van der Waals surface area contributed by atoms with Gasteiger partial charge in [-0.2, -0.15) is 0 Å². The fourth-order valence-electron chi connectivity index (χ4n) is 0.639. The lowest BCUT2D eigenvalue weighted by molar-refractivity contribution is -0.118. The van der Waals surface area contributed by atoms with Gasteiger partial charge >= 0.3 is 0 Å². The van der Waals surface area contributed by atoms with Crippen molar-refractivity contribution in [2.75, 3.05) is 4.43 Å². The normalized spacial score (nSPS) is 11.6. The molecule has 0 atom stereocenters. The smallest absolute Gasteiger partial charge is 0.143 e. The van der Waals surface area contributed by atoms with Crippen LogP contribution >= 0.6 is 22.6 Å². The number of Topliss-reactive ketones (excluding diaryl/α,β-unsaturated/α-hetero) is 1. The largest absolute Gasteiger partial charge is 0.299 e. The molecule has 0 saturated carbocycles. The summed E-state index contributed by atoms with van der Waals surface area (Å²) < 4.78 is 0.648. The van der Waals surface area contributed by atoms with Gasteiger partial charge < -0.3 is 0 Å². The van der Waals surface area contributed by atoms with Crippen molar-refractivity contribution in [1.82, 2.24) is 0 Å². The first-order valence-corrected chi connectivity index (χ1v) is 4.56. The van der Waals surface area contributed by atoms with Crippen molar-refractivity contribution in [1.29, 1.82) is 0 Å². The highest BCUT2D eigenvalue weighted by Crippen LogP contribution is 2.18. The second kappa shape index (κ2) is 3.54. The molecule has 0 aromatic rings. The van der Waals surface area contributed by atoms with E-state index in [2.05, 4.69) is 43.4 Å². The minimum Gasteiger partial charge on any atom is -0.299 e. The molecule has 0 aliphatic carbocycles. The predicted octanol–water partition coefficient (Wildman–Crippen LogP) is 2.43. The zero-order valence-electron chi connectivity index (χ0n) is 6.20. The monoisotopic (exact) mass is 240 g/mol. The van der Waals surface area contributed by atoms with Crippen molar-refractivity contribution in [2.45, 2.75) is 27.2 Å². The molecule has 9 heavy (non-hydrogen) atoms. The van der Waals surface area contributed by atoms with Crippen LogP contribution in [0.2, 0.25) is 0 Å². The van der Waals surface area contributed by atoms with Crippen LogP contribution in [0.5, 0.6) is 0 Å². The Morgan fingerprint density at radius 3 is 2.00 bits per heavy atom. The Morgan fingerprint density at radius 1 is 1.44 bits per heavy atom. The van der Waals surface area contributed by atoms with Gasteiger partial charge in [0, 0.05) is 6.42 Å². The molecular weight excluding hydrogens is 227 g/mol. The van der Waals surface area contributed by atoms with Gasteiger partial charge in [0.1, 0.15) is 5.78 Å². The topological polar surface area (TPSA) is 17.1 Å². The SMILES string of the molecule is CC(C)(C)CC(=O)CI. The van der Waals surface area contributed by atoms with Gasteiger partial charge in [-0.25, -0.2) is 0 Å². The molecule has 0 rings (SSSR count). The highest BCUT2D eigenvalue weighted by atomic mass is 127. The summed E-state index contributed by atoms with van der Waals surface area (Å²) >= 11 is 2.10. The zero-order valence-corrected chi connectivity index (χ0v) is 8.36. The molecule has 0 unspecified atom stereocenters. The fraction of sp³-hybridized carbons (Fsp3) is 0.857. The number of rotatable bonds is 2. The van der Waals surface area contributed by atoms with E-state index in [1.54, 1.807) is 0 Å². The summed E-state index contributed by atoms with van der Waals surface area (Å²) in [5.41, 5.74) is 0.169. The summed E-state index contributed by atoms with van der Waals surface area (Å²) in [4.78, 5) is 10.8. The van der Waals surface area contributed by atoms with Crippen molar-refractivity contribution < 1.29 is 4.79 Å². The molecule has 0 aromatic carbocycles. The zero-order chi connectivity index (χ0) is 7.49. The molecule has 1 nitrogen and oxygen atoms in total. The van der Waals surface area contributed by atoms with E-state index in [1.165, 1.54) is 0 Å². The van der Waals surface area contributed by atoms with Crippen LogP contribution in [0.1, 0.15) is 27.2 Å². The van der Waals surface area contributed by atoms with Crippen molar-refractivity contribution in [3.05, 3.63) is 0 Å². The van der Waals surface area contributed by atoms with Crippen molar-refractivity contribution in [3.8, 4) is 0 Å². The van der Waals surface area contributed by atoms with E-state index >= 15 is 0 Å². The molecule has 0 N–H and O–H groups in total. The van der Waals surface area contributed by atoms with Gasteiger partial charge in [0.25, 0.3) is 0 Å². The molecule has 0 radical (unpaired) electrons. The summed E-state index contributed by atoms with van der Waals surface area (Å²) in [5.74, 6) is 0.350. The minimum atomic E-state index is 0.169. The summed E-state index contributed by atoms with van der Waals surface area (Å²) in [5, 5.41) is 0. The van der Waals surface area contributed by atoms with Crippen LogP contribution in [0.4, 0.5) is 0 Å². The van der Waals surface area contributed by atoms with Gasteiger partial charge in [0.2, 0.25) is 0 Å². The Balaban J connectivity index is 3.60. The Kier molecular flexibility index (Phi) is 3.70. The van der Waals surface area contributed by atoms with Crippen LogP contribution in [-0.4, -0.2) is 10.2 Å². The molecule has 0 aromatic heterocycles. The van der Waals surface area contributed by atoms with Crippen molar-refractivity contribution >= 4 is 28.4 Å². The summed E-state index contributed by atoms with van der Waals surface area (Å²) in [6.07, 6.45) is 0.704. The minimum absolute atomic E-state index is 0.169. The van der Waals surface area contributed by atoms with E-state index < -0.39 is 0 Å². The van der Waals surface area contributed by atoms with Gasteiger partial charge in [-0.1, -0.05) is 43.4 Å². The molecule has 0 bridgehead atoms. The average Bonchev–Trinajstić information content (AvgIpc) is 1.62. The van der Waals surface area contributed by atoms with E-state index in [1.807, 2.05) is 0 Å². The lowest BCUT2D eigenvalue weighted by Gasteiger charge is -2.15. The third kappa shape index (κ3) is 6.28. The van der Waals surface area contributed by atoms with Crippen LogP contribution in [0.15, 0.2) is 0 Å². The molecule has 0 saturated heterocycles. The van der Waals surface area contributed by atoms with Crippen molar-refractivity contribution in [3.63, 3.8) is 0 Å². The lowest BCUT2D eigenvalue weighted by atomic mass is 9.90. The van der Waals surface area contributed by atoms with E-state index in [9.17, 15) is 4.79 Å². The molecule has 0 aliphatic heterocycles. The fourth-order valence-corrected chi connectivity index (χ4v) is 0.908. The van der Waals surface area contributed by atoms with Crippen LogP contribution in [0.3, 0.4) is 0 Å². The highest BCUT2D eigenvalue weighted by molar-refractivity contribution is 14.1. The maximum absolute atomic E-state index is 10.8. The van der Waals surface area contributed by atoms with Gasteiger partial charge in [-0.3, -0.25) is 4.79 Å². The Hall–Kier alpha value is 0.400. The van der Waals surface area contributed by atoms with Crippen LogP contribution < -0.4 is 0 Å². The average molecular weight is 240 g/mol. The summed E-state index contributed by atoms with van der Waals surface area (Å²) in [6.45, 7) is 6.24. The van der Waals surface area contributed by atoms with Gasteiger partial charge in [-0.15, -0.1) is 0 Å². The third-order valence-electron chi connectivity index (χ3n) is 0.877. The number of ketones is 1. The van der Waals surface area contributed by atoms with E-state index in [4.69, 9.17) is 0 Å². The summed E-state index contributed by atoms with van der Waals surface area (Å²) in [6, 6.07) is 0. The lowest BCUT2D eigenvalue weighted by Crippen LogP contribution is -2.13. The first-order chi connectivity index (χ1) is 3.95. The number of carbonyl (C=O) groups is 1. The molecule has 0 spiro atoms. The van der Waals surface area contributed by atoms with E-state index in [0.29, 0.717) is 16.6 Å².